The number of fused-ring (bicyclic) bond motifs is 1. The van der Waals surface area contributed by atoms with E-state index in [0.29, 0.717) is 17.6 Å². The molecule has 128 valence electrons. The van der Waals surface area contributed by atoms with Crippen LogP contribution in [0, 0.1) is 19.8 Å². The van der Waals surface area contributed by atoms with Crippen LogP contribution in [-0.4, -0.2) is 21.5 Å². The van der Waals surface area contributed by atoms with Crippen molar-refractivity contribution in [3.8, 4) is 0 Å². The molecule has 0 spiro atoms. The minimum absolute atomic E-state index is 0.194. The van der Waals surface area contributed by atoms with Gasteiger partial charge in [-0.3, -0.25) is 4.98 Å². The van der Waals surface area contributed by atoms with Crippen molar-refractivity contribution in [1.82, 2.24) is 15.0 Å². The van der Waals surface area contributed by atoms with Gasteiger partial charge in [0, 0.05) is 29.2 Å². The van der Waals surface area contributed by atoms with E-state index >= 15 is 0 Å². The Hall–Kier alpha value is -1.59. The molecule has 0 saturated carbocycles. The van der Waals surface area contributed by atoms with E-state index in [-0.39, 0.29) is 11.9 Å². The highest BCUT2D eigenvalue weighted by molar-refractivity contribution is 6.32. The second kappa shape index (κ2) is 6.37. The number of pyridine rings is 1. The molecule has 2 N–H and O–H groups in total. The van der Waals surface area contributed by atoms with E-state index in [4.69, 9.17) is 28.9 Å². The Morgan fingerprint density at radius 1 is 1.29 bits per heavy atom. The van der Waals surface area contributed by atoms with Crippen molar-refractivity contribution in [2.24, 2.45) is 5.92 Å². The third-order valence-corrected chi connectivity index (χ3v) is 5.52. The first-order valence-electron chi connectivity index (χ1n) is 7.98. The Morgan fingerprint density at radius 2 is 2.00 bits per heavy atom. The predicted molar refractivity (Wildman–Crippen MR) is 98.8 cm³/mol. The fourth-order valence-corrected chi connectivity index (χ4v) is 3.67. The van der Waals surface area contributed by atoms with Gasteiger partial charge in [-0.2, -0.15) is 4.98 Å². The predicted octanol–water partition coefficient (Wildman–Crippen LogP) is 4.14. The zero-order valence-corrected chi connectivity index (χ0v) is 15.8. The summed E-state index contributed by atoms with van der Waals surface area (Å²) in [4.78, 5) is 15.3. The largest absolute Gasteiger partial charge is 0.368 e. The van der Waals surface area contributed by atoms with Crippen molar-refractivity contribution < 1.29 is 0 Å². The summed E-state index contributed by atoms with van der Waals surface area (Å²) < 4.78 is 0. The highest BCUT2D eigenvalue weighted by Crippen LogP contribution is 2.43. The molecule has 0 aliphatic carbocycles. The Kier molecular flexibility index (Phi) is 4.58. The number of aryl methyl sites for hydroxylation is 1. The van der Waals surface area contributed by atoms with Crippen LogP contribution in [-0.2, 0) is 6.54 Å². The van der Waals surface area contributed by atoms with E-state index < -0.39 is 0 Å². The van der Waals surface area contributed by atoms with Crippen LogP contribution >= 0.6 is 23.2 Å². The molecular weight excluding hydrogens is 345 g/mol. The van der Waals surface area contributed by atoms with E-state index in [1.807, 2.05) is 20.0 Å². The van der Waals surface area contributed by atoms with Crippen molar-refractivity contribution in [3.05, 3.63) is 38.8 Å². The monoisotopic (exact) mass is 365 g/mol. The zero-order valence-electron chi connectivity index (χ0n) is 14.3. The number of aromatic nitrogens is 3. The number of nitrogens with zero attached hydrogens (tertiary/aromatic N) is 4. The second-order valence-electron chi connectivity index (χ2n) is 6.67. The third kappa shape index (κ3) is 2.91. The summed E-state index contributed by atoms with van der Waals surface area (Å²) in [5.41, 5.74) is 9.72. The molecule has 0 bridgehead atoms. The Bertz CT molecular complexity index is 791. The van der Waals surface area contributed by atoms with Crippen LogP contribution in [0.25, 0.3) is 0 Å². The smallest absolute Gasteiger partial charge is 0.223 e. The minimum Gasteiger partial charge on any atom is -0.368 e. The SMILES string of the molecule is Cc1cnc(CN2CC(C(C)C)c3c(Cl)nc(N)nc32)c(C)c1Cl. The number of rotatable bonds is 3. The van der Waals surface area contributed by atoms with Crippen molar-refractivity contribution in [2.45, 2.75) is 40.2 Å². The third-order valence-electron chi connectivity index (χ3n) is 4.65. The number of nitrogen functional groups attached to an aromatic ring is 1. The van der Waals surface area contributed by atoms with Gasteiger partial charge in [0.05, 0.1) is 12.2 Å². The molecule has 0 amide bonds. The van der Waals surface area contributed by atoms with E-state index in [1.165, 1.54) is 0 Å². The van der Waals surface area contributed by atoms with E-state index in [2.05, 4.69) is 33.7 Å². The summed E-state index contributed by atoms with van der Waals surface area (Å²) in [7, 11) is 0. The molecule has 0 radical (unpaired) electrons. The Labute approximate surface area is 152 Å². The number of halogens is 2. The van der Waals surface area contributed by atoms with Gasteiger partial charge in [0.2, 0.25) is 5.95 Å². The van der Waals surface area contributed by atoms with Crippen LogP contribution in [0.15, 0.2) is 6.20 Å². The van der Waals surface area contributed by atoms with Crippen LogP contribution in [0.2, 0.25) is 10.2 Å². The molecule has 2 aromatic heterocycles. The summed E-state index contributed by atoms with van der Waals surface area (Å²) in [5, 5.41) is 1.21. The molecule has 0 saturated heterocycles. The Morgan fingerprint density at radius 3 is 2.67 bits per heavy atom. The molecule has 1 unspecified atom stereocenters. The number of hydrogen-bond acceptors (Lipinski definition) is 5. The molecule has 3 rings (SSSR count). The standard InChI is InChI=1S/C17H21Cl2N5/c1-8(2)11-6-24(16-13(11)15(19)22-17(20)23-16)7-12-10(4)14(18)9(3)5-21-12/h5,8,11H,6-7H2,1-4H3,(H2,20,22,23). The van der Waals surface area contributed by atoms with Crippen LogP contribution in [0.4, 0.5) is 11.8 Å². The minimum atomic E-state index is 0.194. The maximum Gasteiger partial charge on any atom is 0.223 e. The van der Waals surface area contributed by atoms with Crippen molar-refractivity contribution in [1.29, 1.82) is 0 Å². The van der Waals surface area contributed by atoms with Gasteiger partial charge in [0.15, 0.2) is 0 Å². The molecule has 0 aromatic carbocycles. The lowest BCUT2D eigenvalue weighted by molar-refractivity contribution is 0.512. The topological polar surface area (TPSA) is 67.9 Å². The molecular formula is C17H21Cl2N5. The highest BCUT2D eigenvalue weighted by atomic mass is 35.5. The maximum absolute atomic E-state index is 6.37. The molecule has 1 aliphatic rings. The Balaban J connectivity index is 2.01. The fraction of sp³-hybridized carbons (Fsp3) is 0.471. The zero-order chi connectivity index (χ0) is 17.6. The average Bonchev–Trinajstić information content (AvgIpc) is 2.87. The van der Waals surface area contributed by atoms with Crippen LogP contribution in [0.3, 0.4) is 0 Å². The van der Waals surface area contributed by atoms with Gasteiger partial charge >= 0.3 is 0 Å². The average molecular weight is 366 g/mol. The number of hydrogen-bond donors (Lipinski definition) is 1. The lowest BCUT2D eigenvalue weighted by Crippen LogP contribution is -2.24. The van der Waals surface area contributed by atoms with Crippen molar-refractivity contribution >= 4 is 35.0 Å². The van der Waals surface area contributed by atoms with Gasteiger partial charge in [0.1, 0.15) is 11.0 Å². The molecule has 0 fully saturated rings. The summed E-state index contributed by atoms with van der Waals surface area (Å²) in [6.45, 7) is 9.75. The lowest BCUT2D eigenvalue weighted by atomic mass is 9.92. The molecule has 1 aliphatic heterocycles. The summed E-state index contributed by atoms with van der Waals surface area (Å²) >= 11 is 12.7. The van der Waals surface area contributed by atoms with Gasteiger partial charge in [-0.25, -0.2) is 4.98 Å². The molecule has 24 heavy (non-hydrogen) atoms. The van der Waals surface area contributed by atoms with Crippen molar-refractivity contribution in [3.63, 3.8) is 0 Å². The van der Waals surface area contributed by atoms with Gasteiger partial charge in [-0.15, -0.1) is 0 Å². The summed E-state index contributed by atoms with van der Waals surface area (Å²) in [6, 6.07) is 0. The van der Waals surface area contributed by atoms with E-state index in [0.717, 1.165) is 39.8 Å². The maximum atomic E-state index is 6.37. The molecule has 5 nitrogen and oxygen atoms in total. The molecule has 7 heteroatoms. The van der Waals surface area contributed by atoms with Crippen LogP contribution in [0.5, 0.6) is 0 Å². The van der Waals surface area contributed by atoms with E-state index in [9.17, 15) is 0 Å². The highest BCUT2D eigenvalue weighted by Gasteiger charge is 2.35. The van der Waals surface area contributed by atoms with E-state index in [1.54, 1.807) is 0 Å². The van der Waals surface area contributed by atoms with Crippen LogP contribution < -0.4 is 10.6 Å². The normalized spacial score (nSPS) is 16.8. The summed E-state index contributed by atoms with van der Waals surface area (Å²) in [5.74, 6) is 1.70. The van der Waals surface area contributed by atoms with Gasteiger partial charge in [0.25, 0.3) is 0 Å². The molecule has 2 aromatic rings. The first kappa shape index (κ1) is 17.2. The van der Waals surface area contributed by atoms with Gasteiger partial charge in [-0.1, -0.05) is 37.0 Å². The first-order valence-corrected chi connectivity index (χ1v) is 8.73. The van der Waals surface area contributed by atoms with Crippen LogP contribution in [0.1, 0.15) is 42.1 Å². The van der Waals surface area contributed by atoms with Gasteiger partial charge in [-0.05, 0) is 30.9 Å². The molecule has 1 atom stereocenters. The first-order chi connectivity index (χ1) is 11.3. The lowest BCUT2D eigenvalue weighted by Gasteiger charge is -2.21. The van der Waals surface area contributed by atoms with Gasteiger partial charge < -0.3 is 10.6 Å². The molecule has 3 heterocycles. The number of anilines is 2. The quantitative estimate of drug-likeness (QED) is 0.827. The fourth-order valence-electron chi connectivity index (χ4n) is 3.20. The summed E-state index contributed by atoms with van der Waals surface area (Å²) in [6.07, 6.45) is 1.81. The van der Waals surface area contributed by atoms with Crippen molar-refractivity contribution in [2.75, 3.05) is 17.2 Å². The number of nitrogens with two attached hydrogens (primary N) is 1. The second-order valence-corrected chi connectivity index (χ2v) is 7.40.